The van der Waals surface area contributed by atoms with Crippen molar-refractivity contribution in [3.05, 3.63) is 29.8 Å². The van der Waals surface area contributed by atoms with E-state index in [9.17, 15) is 22.8 Å². The van der Waals surface area contributed by atoms with Crippen LogP contribution in [0, 0.1) is 0 Å². The molecular formula is C19H26N4O6S. The van der Waals surface area contributed by atoms with Crippen LogP contribution in [0.5, 0.6) is 0 Å². The topological polar surface area (TPSA) is 134 Å². The number of nitrogens with one attached hydrogen (secondary N) is 2. The molecule has 0 fully saturated rings. The number of likely N-dealkylation sites (N-methyl/N-ethyl adjacent to an activating group) is 1. The summed E-state index contributed by atoms with van der Waals surface area (Å²) >= 11 is 0. The molecule has 10 nitrogen and oxygen atoms in total. The monoisotopic (exact) mass is 438 g/mol. The van der Waals surface area contributed by atoms with E-state index in [2.05, 4.69) is 15.0 Å². The Morgan fingerprint density at radius 2 is 1.87 bits per heavy atom. The lowest BCUT2D eigenvalue weighted by atomic mass is 10.1. The maximum Gasteiger partial charge on any atom is 0.331 e. The highest BCUT2D eigenvalue weighted by Gasteiger charge is 2.31. The fourth-order valence-corrected chi connectivity index (χ4v) is 3.84. The molecule has 0 aliphatic carbocycles. The number of esters is 1. The molecule has 1 heterocycles. The quantitative estimate of drug-likeness (QED) is 0.602. The van der Waals surface area contributed by atoms with Gasteiger partial charge in [0.1, 0.15) is 11.9 Å². The first-order valence-corrected chi connectivity index (χ1v) is 10.7. The maximum atomic E-state index is 12.2. The van der Waals surface area contributed by atoms with E-state index in [4.69, 9.17) is 4.74 Å². The predicted molar refractivity (Wildman–Crippen MR) is 109 cm³/mol. The minimum absolute atomic E-state index is 0.0392. The van der Waals surface area contributed by atoms with Crippen LogP contribution in [0.1, 0.15) is 33.3 Å². The van der Waals surface area contributed by atoms with Crippen molar-refractivity contribution >= 4 is 33.6 Å². The molecule has 0 bridgehead atoms. The van der Waals surface area contributed by atoms with Crippen LogP contribution in [0.25, 0.3) is 0 Å². The van der Waals surface area contributed by atoms with Crippen LogP contribution in [0.2, 0.25) is 0 Å². The first-order valence-electron chi connectivity index (χ1n) is 9.22. The van der Waals surface area contributed by atoms with E-state index in [1.54, 1.807) is 18.2 Å². The molecule has 2 amide bonds. The number of hydrogen-bond donors (Lipinski definition) is 2. The fraction of sp³-hybridized carbons (Fsp3) is 0.474. The van der Waals surface area contributed by atoms with Gasteiger partial charge in [-0.15, -0.1) is 0 Å². The molecule has 0 unspecified atom stereocenters. The number of rotatable bonds is 6. The van der Waals surface area contributed by atoms with Gasteiger partial charge >= 0.3 is 5.97 Å². The molecule has 1 aromatic carbocycles. The molecule has 2 rings (SSSR count). The van der Waals surface area contributed by atoms with Gasteiger partial charge < -0.3 is 15.0 Å². The lowest BCUT2D eigenvalue weighted by Gasteiger charge is -2.23. The number of amidine groups is 1. The third-order valence-corrected chi connectivity index (χ3v) is 5.38. The highest BCUT2D eigenvalue weighted by molar-refractivity contribution is 7.90. The second-order valence-electron chi connectivity index (χ2n) is 7.91. The van der Waals surface area contributed by atoms with E-state index >= 15 is 0 Å². The second-order valence-corrected chi connectivity index (χ2v) is 9.56. The zero-order chi connectivity index (χ0) is 22.7. The maximum absolute atomic E-state index is 12.2. The molecule has 0 spiro atoms. The van der Waals surface area contributed by atoms with E-state index < -0.39 is 40.1 Å². The number of ether oxygens (including phenoxy) is 1. The SMILES string of the molecule is C[C@H](N=C1NS(=O)(=O)c2ccccc21)C(=O)OCC(=O)N(C)CC(=O)NC(C)(C)C. The molecule has 2 N–H and O–H groups in total. The van der Waals surface area contributed by atoms with Crippen molar-refractivity contribution in [3.63, 3.8) is 0 Å². The van der Waals surface area contributed by atoms with E-state index in [1.165, 1.54) is 20.0 Å². The zero-order valence-electron chi connectivity index (χ0n) is 17.6. The molecule has 11 heteroatoms. The lowest BCUT2D eigenvalue weighted by molar-refractivity contribution is -0.152. The third-order valence-electron chi connectivity index (χ3n) is 3.99. The first kappa shape index (κ1) is 23.3. The summed E-state index contributed by atoms with van der Waals surface area (Å²) in [5, 5.41) is 2.73. The summed E-state index contributed by atoms with van der Waals surface area (Å²) < 4.78 is 31.5. The Hall–Kier alpha value is -2.95. The molecule has 1 atom stereocenters. The van der Waals surface area contributed by atoms with Gasteiger partial charge in [-0.25, -0.2) is 13.2 Å². The highest BCUT2D eigenvalue weighted by Crippen LogP contribution is 2.22. The Kier molecular flexibility index (Phi) is 6.86. The number of sulfonamides is 1. The van der Waals surface area contributed by atoms with Crippen molar-refractivity contribution in [2.24, 2.45) is 4.99 Å². The Balaban J connectivity index is 1.93. The number of fused-ring (bicyclic) bond motifs is 1. The molecule has 0 aromatic heterocycles. The van der Waals surface area contributed by atoms with Crippen molar-refractivity contribution in [2.75, 3.05) is 20.2 Å². The van der Waals surface area contributed by atoms with E-state index in [0.717, 1.165) is 4.90 Å². The molecule has 0 saturated heterocycles. The van der Waals surface area contributed by atoms with Gasteiger partial charge in [-0.1, -0.05) is 12.1 Å². The third kappa shape index (κ3) is 6.02. The van der Waals surface area contributed by atoms with Gasteiger partial charge in [-0.05, 0) is 39.8 Å². The number of carbonyl (C=O) groups excluding carboxylic acids is 3. The number of hydrogen-bond acceptors (Lipinski definition) is 7. The summed E-state index contributed by atoms with van der Waals surface area (Å²) in [6, 6.07) is 5.21. The van der Waals surface area contributed by atoms with E-state index in [0.29, 0.717) is 5.56 Å². The molecule has 164 valence electrons. The Labute approximate surface area is 175 Å². The van der Waals surface area contributed by atoms with Gasteiger partial charge in [0.25, 0.3) is 15.9 Å². The number of benzene rings is 1. The normalized spacial score (nSPS) is 16.9. The highest BCUT2D eigenvalue weighted by atomic mass is 32.2. The fourth-order valence-electron chi connectivity index (χ4n) is 2.60. The summed E-state index contributed by atoms with van der Waals surface area (Å²) in [6.07, 6.45) is 0. The van der Waals surface area contributed by atoms with Gasteiger partial charge in [0, 0.05) is 18.2 Å². The van der Waals surface area contributed by atoms with Crippen LogP contribution in [-0.4, -0.2) is 68.7 Å². The van der Waals surface area contributed by atoms with Gasteiger partial charge in [-0.2, -0.15) is 0 Å². The van der Waals surface area contributed by atoms with Gasteiger partial charge in [-0.3, -0.25) is 19.3 Å². The summed E-state index contributed by atoms with van der Waals surface area (Å²) in [4.78, 5) is 41.5. The Morgan fingerprint density at radius 3 is 2.50 bits per heavy atom. The van der Waals surface area contributed by atoms with Crippen molar-refractivity contribution < 1.29 is 27.5 Å². The van der Waals surface area contributed by atoms with Crippen molar-refractivity contribution in [3.8, 4) is 0 Å². The minimum Gasteiger partial charge on any atom is -0.454 e. The standard InChI is InChI=1S/C19H26N4O6S/c1-12(20-17-13-8-6-7-9-14(13)30(27,28)22-17)18(26)29-11-16(25)23(5)10-15(24)21-19(2,3)4/h6-9,12H,10-11H2,1-5H3,(H,20,22)(H,21,24)/t12-/m0/s1. The Bertz CT molecular complexity index is 981. The van der Waals surface area contributed by atoms with Gasteiger partial charge in [0.15, 0.2) is 6.61 Å². The molecule has 0 radical (unpaired) electrons. The average molecular weight is 439 g/mol. The van der Waals surface area contributed by atoms with E-state index in [-0.39, 0.29) is 23.2 Å². The number of carbonyl (C=O) groups is 3. The number of aliphatic imine (C=N–C) groups is 1. The molecular weight excluding hydrogens is 412 g/mol. The summed E-state index contributed by atoms with van der Waals surface area (Å²) in [6.45, 7) is 6.15. The second kappa shape index (κ2) is 8.82. The zero-order valence-corrected chi connectivity index (χ0v) is 18.4. The van der Waals surface area contributed by atoms with Crippen molar-refractivity contribution in [1.82, 2.24) is 14.9 Å². The molecule has 0 saturated carbocycles. The van der Waals surface area contributed by atoms with Crippen LogP contribution >= 0.6 is 0 Å². The van der Waals surface area contributed by atoms with Crippen LogP contribution in [0.4, 0.5) is 0 Å². The summed E-state index contributed by atoms with van der Waals surface area (Å²) in [5.41, 5.74) is -0.0691. The average Bonchev–Trinajstić information content (AvgIpc) is 2.88. The smallest absolute Gasteiger partial charge is 0.331 e. The van der Waals surface area contributed by atoms with Crippen molar-refractivity contribution in [1.29, 1.82) is 0 Å². The summed E-state index contributed by atoms with van der Waals surface area (Å²) in [5.74, 6) is -1.65. The number of amides is 2. The van der Waals surface area contributed by atoms with Crippen LogP contribution in [0.15, 0.2) is 34.2 Å². The lowest BCUT2D eigenvalue weighted by Crippen LogP contribution is -2.47. The predicted octanol–water partition coefficient (Wildman–Crippen LogP) is 0.0299. The molecule has 1 aliphatic rings. The molecule has 30 heavy (non-hydrogen) atoms. The Morgan fingerprint density at radius 1 is 1.23 bits per heavy atom. The van der Waals surface area contributed by atoms with Crippen LogP contribution in [-0.2, 0) is 29.1 Å². The van der Waals surface area contributed by atoms with E-state index in [1.807, 2.05) is 20.8 Å². The van der Waals surface area contributed by atoms with Crippen molar-refractivity contribution in [2.45, 2.75) is 44.2 Å². The number of nitrogens with zero attached hydrogens (tertiary/aromatic N) is 2. The largest absolute Gasteiger partial charge is 0.454 e. The van der Waals surface area contributed by atoms with Gasteiger partial charge in [0.05, 0.1) is 11.4 Å². The van der Waals surface area contributed by atoms with Gasteiger partial charge in [0.2, 0.25) is 5.91 Å². The summed E-state index contributed by atoms with van der Waals surface area (Å²) in [7, 11) is -2.30. The molecule has 1 aromatic rings. The van der Waals surface area contributed by atoms with Crippen LogP contribution < -0.4 is 10.0 Å². The van der Waals surface area contributed by atoms with Crippen LogP contribution in [0.3, 0.4) is 0 Å². The first-order chi connectivity index (χ1) is 13.8. The minimum atomic E-state index is -3.72. The molecule has 1 aliphatic heterocycles.